The van der Waals surface area contributed by atoms with Gasteiger partial charge in [-0.25, -0.2) is 0 Å². The van der Waals surface area contributed by atoms with Crippen LogP contribution in [0.1, 0.15) is 41.5 Å². The molecule has 0 aromatic rings. The van der Waals surface area contributed by atoms with Gasteiger partial charge in [0.25, 0.3) is 0 Å². The van der Waals surface area contributed by atoms with Crippen molar-refractivity contribution in [3.05, 3.63) is 0 Å². The van der Waals surface area contributed by atoms with Gasteiger partial charge in [-0.15, -0.1) is 0 Å². The van der Waals surface area contributed by atoms with Crippen LogP contribution in [-0.4, -0.2) is 24.4 Å². The molecule has 0 unspecified atom stereocenters. The standard InChI is InChI=1S/C11H23NO/c1-10(2,3)8-12(7)9(13)11(4,5)6/h8H2,1-7H3. The summed E-state index contributed by atoms with van der Waals surface area (Å²) in [6.07, 6.45) is 0. The average molecular weight is 185 g/mol. The van der Waals surface area contributed by atoms with Gasteiger partial charge in [-0.05, 0) is 5.41 Å². The average Bonchev–Trinajstić information content (AvgIpc) is 1.79. The number of hydrogen-bond donors (Lipinski definition) is 0. The van der Waals surface area contributed by atoms with Gasteiger partial charge in [-0.2, -0.15) is 0 Å². The van der Waals surface area contributed by atoms with Crippen molar-refractivity contribution >= 4 is 5.91 Å². The minimum atomic E-state index is -0.264. The lowest BCUT2D eigenvalue weighted by molar-refractivity contribution is -0.139. The van der Waals surface area contributed by atoms with Crippen molar-refractivity contribution < 1.29 is 4.79 Å². The molecule has 0 saturated carbocycles. The lowest BCUT2D eigenvalue weighted by Crippen LogP contribution is -2.40. The highest BCUT2D eigenvalue weighted by Gasteiger charge is 2.27. The van der Waals surface area contributed by atoms with Crippen LogP contribution in [0.25, 0.3) is 0 Å². The third kappa shape index (κ3) is 4.91. The van der Waals surface area contributed by atoms with Crippen molar-refractivity contribution in [3.8, 4) is 0 Å². The maximum atomic E-state index is 11.8. The highest BCUT2D eigenvalue weighted by molar-refractivity contribution is 5.81. The van der Waals surface area contributed by atoms with Gasteiger partial charge in [0.2, 0.25) is 5.91 Å². The molecule has 0 aliphatic rings. The summed E-state index contributed by atoms with van der Waals surface area (Å²) < 4.78 is 0. The Morgan fingerprint density at radius 1 is 1.08 bits per heavy atom. The molecule has 0 N–H and O–H groups in total. The Balaban J connectivity index is 4.30. The second kappa shape index (κ2) is 3.69. The predicted octanol–water partition coefficient (Wildman–Crippen LogP) is 2.54. The van der Waals surface area contributed by atoms with E-state index < -0.39 is 0 Å². The third-order valence-corrected chi connectivity index (χ3v) is 1.70. The summed E-state index contributed by atoms with van der Waals surface area (Å²) >= 11 is 0. The van der Waals surface area contributed by atoms with Gasteiger partial charge in [0.15, 0.2) is 0 Å². The van der Waals surface area contributed by atoms with Crippen LogP contribution in [0.3, 0.4) is 0 Å². The molecule has 0 spiro atoms. The quantitative estimate of drug-likeness (QED) is 0.614. The molecule has 0 aliphatic carbocycles. The molecule has 2 nitrogen and oxygen atoms in total. The van der Waals surface area contributed by atoms with E-state index in [1.54, 1.807) is 0 Å². The maximum Gasteiger partial charge on any atom is 0.227 e. The Morgan fingerprint density at radius 3 is 1.69 bits per heavy atom. The maximum absolute atomic E-state index is 11.8. The fourth-order valence-corrected chi connectivity index (χ4v) is 1.36. The molecule has 0 atom stereocenters. The molecular formula is C11H23NO. The van der Waals surface area contributed by atoms with Crippen LogP contribution in [0.5, 0.6) is 0 Å². The van der Waals surface area contributed by atoms with Crippen LogP contribution < -0.4 is 0 Å². The fraction of sp³-hybridized carbons (Fsp3) is 0.909. The molecule has 1 amide bonds. The summed E-state index contributed by atoms with van der Waals surface area (Å²) in [5, 5.41) is 0. The van der Waals surface area contributed by atoms with E-state index in [1.165, 1.54) is 0 Å². The minimum absolute atomic E-state index is 0.176. The van der Waals surface area contributed by atoms with Crippen molar-refractivity contribution in [1.29, 1.82) is 0 Å². The molecule has 0 rings (SSSR count). The van der Waals surface area contributed by atoms with E-state index >= 15 is 0 Å². The summed E-state index contributed by atoms with van der Waals surface area (Å²) in [5.41, 5.74) is -0.0876. The van der Waals surface area contributed by atoms with E-state index in [-0.39, 0.29) is 16.7 Å². The number of nitrogens with zero attached hydrogens (tertiary/aromatic N) is 1. The van der Waals surface area contributed by atoms with Gasteiger partial charge in [0.1, 0.15) is 0 Å². The molecule has 0 aromatic carbocycles. The molecule has 78 valence electrons. The molecule has 0 heterocycles. The van der Waals surface area contributed by atoms with Gasteiger partial charge in [0.05, 0.1) is 0 Å². The first kappa shape index (κ1) is 12.5. The van der Waals surface area contributed by atoms with Gasteiger partial charge in [-0.1, -0.05) is 41.5 Å². The minimum Gasteiger partial charge on any atom is -0.345 e. The smallest absolute Gasteiger partial charge is 0.227 e. The Kier molecular flexibility index (Phi) is 3.54. The second-order valence-electron chi connectivity index (χ2n) is 5.97. The Bertz CT molecular complexity index is 183. The number of hydrogen-bond acceptors (Lipinski definition) is 1. The summed E-state index contributed by atoms with van der Waals surface area (Å²) in [6, 6.07) is 0. The van der Waals surface area contributed by atoms with Crippen molar-refractivity contribution in [2.45, 2.75) is 41.5 Å². The summed E-state index contributed by atoms with van der Waals surface area (Å²) in [4.78, 5) is 13.6. The number of rotatable bonds is 1. The zero-order valence-electron chi connectivity index (χ0n) is 10.1. The molecule has 2 heteroatoms. The first-order chi connectivity index (χ1) is 5.54. The monoisotopic (exact) mass is 185 g/mol. The SMILES string of the molecule is CN(CC(C)(C)C)C(=O)C(C)(C)C. The lowest BCUT2D eigenvalue weighted by Gasteiger charge is -2.31. The molecule has 0 radical (unpaired) electrons. The third-order valence-electron chi connectivity index (χ3n) is 1.70. The number of carbonyl (C=O) groups is 1. The second-order valence-corrected chi connectivity index (χ2v) is 5.97. The van der Waals surface area contributed by atoms with Crippen molar-refractivity contribution in [2.24, 2.45) is 10.8 Å². The highest BCUT2D eigenvalue weighted by atomic mass is 16.2. The van der Waals surface area contributed by atoms with E-state index in [9.17, 15) is 4.79 Å². The summed E-state index contributed by atoms with van der Waals surface area (Å²) in [5.74, 6) is 0.211. The molecule has 0 aliphatic heterocycles. The molecule has 13 heavy (non-hydrogen) atoms. The van der Waals surface area contributed by atoms with Gasteiger partial charge >= 0.3 is 0 Å². The van der Waals surface area contributed by atoms with Crippen molar-refractivity contribution in [3.63, 3.8) is 0 Å². The first-order valence-corrected chi connectivity index (χ1v) is 4.79. The van der Waals surface area contributed by atoms with E-state index in [0.29, 0.717) is 0 Å². The summed E-state index contributed by atoms with van der Waals surface area (Å²) in [6.45, 7) is 13.1. The largest absolute Gasteiger partial charge is 0.345 e. The van der Waals surface area contributed by atoms with Crippen LogP contribution in [0.15, 0.2) is 0 Å². The molecular weight excluding hydrogens is 162 g/mol. The molecule has 0 fully saturated rings. The first-order valence-electron chi connectivity index (χ1n) is 4.79. The Morgan fingerprint density at radius 2 is 1.46 bits per heavy atom. The highest BCUT2D eigenvalue weighted by Crippen LogP contribution is 2.20. The molecule has 0 bridgehead atoms. The van der Waals surface area contributed by atoms with Crippen LogP contribution in [0, 0.1) is 10.8 Å². The van der Waals surface area contributed by atoms with E-state index in [4.69, 9.17) is 0 Å². The normalized spacial score (nSPS) is 12.8. The van der Waals surface area contributed by atoms with E-state index in [1.807, 2.05) is 32.7 Å². The van der Waals surface area contributed by atoms with Crippen LogP contribution in [0.4, 0.5) is 0 Å². The zero-order valence-corrected chi connectivity index (χ0v) is 10.1. The van der Waals surface area contributed by atoms with E-state index in [2.05, 4.69) is 20.8 Å². The van der Waals surface area contributed by atoms with Crippen LogP contribution in [0.2, 0.25) is 0 Å². The lowest BCUT2D eigenvalue weighted by atomic mass is 9.92. The molecule has 0 aromatic heterocycles. The number of amides is 1. The van der Waals surface area contributed by atoms with Crippen LogP contribution in [-0.2, 0) is 4.79 Å². The predicted molar refractivity (Wildman–Crippen MR) is 56.5 cm³/mol. The number of carbonyl (C=O) groups excluding carboxylic acids is 1. The van der Waals surface area contributed by atoms with Crippen LogP contribution >= 0.6 is 0 Å². The van der Waals surface area contributed by atoms with Crippen molar-refractivity contribution in [1.82, 2.24) is 4.90 Å². The Hall–Kier alpha value is -0.530. The van der Waals surface area contributed by atoms with Gasteiger partial charge < -0.3 is 4.90 Å². The van der Waals surface area contributed by atoms with Gasteiger partial charge in [-0.3, -0.25) is 4.79 Å². The molecule has 0 saturated heterocycles. The fourth-order valence-electron chi connectivity index (χ4n) is 1.36. The zero-order chi connectivity index (χ0) is 10.9. The van der Waals surface area contributed by atoms with E-state index in [0.717, 1.165) is 6.54 Å². The summed E-state index contributed by atoms with van der Waals surface area (Å²) in [7, 11) is 1.87. The Labute approximate surface area is 82.3 Å². The van der Waals surface area contributed by atoms with Gasteiger partial charge in [0, 0.05) is 19.0 Å². The topological polar surface area (TPSA) is 20.3 Å². The van der Waals surface area contributed by atoms with Crippen molar-refractivity contribution in [2.75, 3.05) is 13.6 Å².